The number of carboxylic acid groups (broad SMARTS) is 1. The van der Waals surface area contributed by atoms with Crippen LogP contribution in [0.25, 0.3) is 0 Å². The van der Waals surface area contributed by atoms with Gasteiger partial charge in [0.2, 0.25) is 18.0 Å². The molecule has 2 bridgehead atoms. The summed E-state index contributed by atoms with van der Waals surface area (Å²) in [6, 6.07) is -0.982. The fraction of sp³-hybridized carbons (Fsp3) is 0.880. The van der Waals surface area contributed by atoms with E-state index in [4.69, 9.17) is 24.0 Å². The van der Waals surface area contributed by atoms with Crippen LogP contribution in [-0.2, 0) is 38.4 Å². The van der Waals surface area contributed by atoms with E-state index >= 15 is 0 Å². The SMILES string of the molecule is CC(C)C[C@@H](NC(=O)CCC(=O)O[C@@H]1O[C@@H]2O[C@]3(C)CC[C@H]4[C@H](C)CC[C@@H]([C@H]1C)[C@@]24OO3)C(=O)O. The minimum absolute atomic E-state index is 0.0264. The van der Waals surface area contributed by atoms with E-state index in [-0.39, 0.29) is 36.5 Å². The second kappa shape index (κ2) is 9.95. The summed E-state index contributed by atoms with van der Waals surface area (Å²) in [5.74, 6) is -2.46. The van der Waals surface area contributed by atoms with Gasteiger partial charge in [-0.2, -0.15) is 0 Å². The minimum Gasteiger partial charge on any atom is -0.480 e. The molecule has 5 rings (SSSR count). The maximum absolute atomic E-state index is 12.6. The number of fused-ring (bicyclic) bond motifs is 2. The van der Waals surface area contributed by atoms with E-state index in [1.54, 1.807) is 0 Å². The quantitative estimate of drug-likeness (QED) is 0.384. The van der Waals surface area contributed by atoms with Gasteiger partial charge < -0.3 is 24.6 Å². The number of carboxylic acids is 1. The summed E-state index contributed by atoms with van der Waals surface area (Å²) < 4.78 is 18.2. The van der Waals surface area contributed by atoms with Gasteiger partial charge in [-0.3, -0.25) is 9.59 Å². The average Bonchev–Trinajstić information content (AvgIpc) is 3.01. The molecule has 0 unspecified atom stereocenters. The number of carbonyl (C=O) groups excluding carboxylic acids is 2. The standard InChI is InChI=1S/C25H39NO9/c1-13(2)12-18(21(29)30)26-19(27)8-9-20(28)31-22-15(4)17-7-6-14(3)16-10-11-24(5)33-23(32-22)25(16,17)35-34-24/h13-18,22-23H,6-12H2,1-5H3,(H,26,27)(H,29,30)/t14-,15-,16+,17+,18-,22-,23-,24+,25-/m1/s1. The Labute approximate surface area is 206 Å². The van der Waals surface area contributed by atoms with Gasteiger partial charge in [-0.15, -0.1) is 0 Å². The molecule has 9 atom stereocenters. The highest BCUT2D eigenvalue weighted by atomic mass is 17.3. The molecule has 4 saturated heterocycles. The van der Waals surface area contributed by atoms with Crippen LogP contribution in [0.4, 0.5) is 0 Å². The molecule has 10 heteroatoms. The molecule has 0 aromatic heterocycles. The van der Waals surface area contributed by atoms with Crippen LogP contribution in [0.5, 0.6) is 0 Å². The number of hydrogen-bond donors (Lipinski definition) is 2. The monoisotopic (exact) mass is 497 g/mol. The summed E-state index contributed by atoms with van der Waals surface area (Å²) in [7, 11) is 0. The third-order valence-corrected chi connectivity index (χ3v) is 8.24. The maximum Gasteiger partial charge on any atom is 0.326 e. The van der Waals surface area contributed by atoms with Gasteiger partial charge in [0, 0.05) is 24.7 Å². The number of esters is 1. The van der Waals surface area contributed by atoms with E-state index in [1.807, 2.05) is 27.7 Å². The number of aliphatic carboxylic acids is 1. The Morgan fingerprint density at radius 3 is 2.51 bits per heavy atom. The van der Waals surface area contributed by atoms with Gasteiger partial charge in [0.1, 0.15) is 6.04 Å². The highest BCUT2D eigenvalue weighted by Gasteiger charge is 2.69. The van der Waals surface area contributed by atoms with Gasteiger partial charge in [0.05, 0.1) is 6.42 Å². The van der Waals surface area contributed by atoms with Crippen LogP contribution in [0.3, 0.4) is 0 Å². The van der Waals surface area contributed by atoms with Crippen LogP contribution >= 0.6 is 0 Å². The van der Waals surface area contributed by atoms with E-state index < -0.39 is 47.9 Å². The Hall–Kier alpha value is -1.75. The molecule has 4 heterocycles. The molecule has 4 aliphatic heterocycles. The van der Waals surface area contributed by atoms with Crippen molar-refractivity contribution in [3.63, 3.8) is 0 Å². The van der Waals surface area contributed by atoms with Crippen molar-refractivity contribution in [1.29, 1.82) is 0 Å². The fourth-order valence-corrected chi connectivity index (χ4v) is 6.37. The Morgan fingerprint density at radius 2 is 1.83 bits per heavy atom. The Bertz CT molecular complexity index is 834. The number of nitrogens with one attached hydrogen (secondary N) is 1. The van der Waals surface area contributed by atoms with Crippen molar-refractivity contribution in [1.82, 2.24) is 5.32 Å². The summed E-state index contributed by atoms with van der Waals surface area (Å²) >= 11 is 0. The van der Waals surface area contributed by atoms with Crippen molar-refractivity contribution in [2.45, 2.75) is 110 Å². The van der Waals surface area contributed by atoms with Crippen molar-refractivity contribution < 1.29 is 43.5 Å². The zero-order chi connectivity index (χ0) is 25.5. The van der Waals surface area contributed by atoms with E-state index in [9.17, 15) is 19.5 Å². The summed E-state index contributed by atoms with van der Waals surface area (Å²) in [6.07, 6.45) is 1.95. The first-order valence-corrected chi connectivity index (χ1v) is 12.9. The lowest BCUT2D eigenvalue weighted by atomic mass is 9.58. The van der Waals surface area contributed by atoms with E-state index in [2.05, 4.69) is 12.2 Å². The molecule has 0 radical (unpaired) electrons. The lowest BCUT2D eigenvalue weighted by molar-refractivity contribution is -0.576. The second-order valence-corrected chi connectivity index (χ2v) is 11.4. The third-order valence-electron chi connectivity index (χ3n) is 8.24. The molecule has 35 heavy (non-hydrogen) atoms. The minimum atomic E-state index is -1.09. The van der Waals surface area contributed by atoms with Crippen molar-refractivity contribution in [2.24, 2.45) is 29.6 Å². The van der Waals surface area contributed by atoms with Crippen LogP contribution in [0.1, 0.15) is 79.6 Å². The Balaban J connectivity index is 1.38. The lowest BCUT2D eigenvalue weighted by Crippen LogP contribution is -2.70. The predicted molar refractivity (Wildman–Crippen MR) is 121 cm³/mol. The van der Waals surface area contributed by atoms with Gasteiger partial charge in [0.15, 0.2) is 11.9 Å². The van der Waals surface area contributed by atoms with Gasteiger partial charge in [0.25, 0.3) is 0 Å². The van der Waals surface area contributed by atoms with Crippen LogP contribution in [0, 0.1) is 29.6 Å². The third kappa shape index (κ3) is 5.08. The van der Waals surface area contributed by atoms with E-state index in [0.717, 1.165) is 19.3 Å². The molecule has 1 aliphatic carbocycles. The molecule has 0 aromatic rings. The number of carbonyl (C=O) groups is 3. The summed E-state index contributed by atoms with van der Waals surface area (Å²) in [5, 5.41) is 11.8. The zero-order valence-electron chi connectivity index (χ0n) is 21.3. The highest BCUT2D eigenvalue weighted by Crippen LogP contribution is 2.60. The second-order valence-electron chi connectivity index (χ2n) is 11.4. The summed E-state index contributed by atoms with van der Waals surface area (Å²) in [4.78, 5) is 48.1. The number of ether oxygens (including phenoxy) is 3. The van der Waals surface area contributed by atoms with E-state index in [1.165, 1.54) is 0 Å². The largest absolute Gasteiger partial charge is 0.480 e. The normalized spacial score (nSPS) is 41.0. The first-order chi connectivity index (χ1) is 16.4. The van der Waals surface area contributed by atoms with Crippen LogP contribution in [0.15, 0.2) is 0 Å². The fourth-order valence-electron chi connectivity index (χ4n) is 6.37. The molecule has 5 aliphatic rings. The van der Waals surface area contributed by atoms with Crippen molar-refractivity contribution in [3.05, 3.63) is 0 Å². The van der Waals surface area contributed by atoms with Crippen molar-refractivity contribution in [3.8, 4) is 0 Å². The maximum atomic E-state index is 12.6. The lowest BCUT2D eigenvalue weighted by Gasteiger charge is -2.59. The Kier molecular flexibility index (Phi) is 7.48. The molecule has 0 aromatic carbocycles. The average molecular weight is 498 g/mol. The van der Waals surface area contributed by atoms with Gasteiger partial charge in [-0.25, -0.2) is 14.6 Å². The summed E-state index contributed by atoms with van der Waals surface area (Å²) in [6.45, 7) is 9.81. The smallest absolute Gasteiger partial charge is 0.326 e. The van der Waals surface area contributed by atoms with Crippen LogP contribution in [0.2, 0.25) is 0 Å². The molecular formula is C25H39NO9. The molecule has 198 valence electrons. The first-order valence-electron chi connectivity index (χ1n) is 12.9. The Morgan fingerprint density at radius 1 is 1.09 bits per heavy atom. The zero-order valence-corrected chi connectivity index (χ0v) is 21.3. The van der Waals surface area contributed by atoms with E-state index in [0.29, 0.717) is 18.8 Å². The van der Waals surface area contributed by atoms with Crippen LogP contribution in [-0.4, -0.2) is 53.0 Å². The molecule has 5 fully saturated rings. The summed E-state index contributed by atoms with van der Waals surface area (Å²) in [5.41, 5.74) is -0.738. The molecular weight excluding hydrogens is 458 g/mol. The predicted octanol–water partition coefficient (Wildman–Crippen LogP) is 3.13. The molecule has 10 nitrogen and oxygen atoms in total. The van der Waals surface area contributed by atoms with Crippen molar-refractivity contribution in [2.75, 3.05) is 0 Å². The molecule has 1 spiro atoms. The topological polar surface area (TPSA) is 130 Å². The van der Waals surface area contributed by atoms with Crippen molar-refractivity contribution >= 4 is 17.8 Å². The number of amides is 1. The first kappa shape index (κ1) is 26.3. The highest BCUT2D eigenvalue weighted by molar-refractivity contribution is 5.85. The van der Waals surface area contributed by atoms with Gasteiger partial charge in [-0.05, 0) is 50.4 Å². The molecule has 1 amide bonds. The molecule has 1 saturated carbocycles. The van der Waals surface area contributed by atoms with Gasteiger partial charge in [-0.1, -0.05) is 27.7 Å². The molecule has 2 N–H and O–H groups in total. The number of hydrogen-bond acceptors (Lipinski definition) is 8. The van der Waals surface area contributed by atoms with Crippen LogP contribution < -0.4 is 5.32 Å². The van der Waals surface area contributed by atoms with Gasteiger partial charge >= 0.3 is 11.9 Å². The number of rotatable bonds is 8.